The Morgan fingerprint density at radius 1 is 1.11 bits per heavy atom. The molecule has 5 rings (SSSR count). The molecule has 2 N–H and O–H groups in total. The van der Waals surface area contributed by atoms with E-state index in [0.717, 1.165) is 27.9 Å². The van der Waals surface area contributed by atoms with Crippen molar-refractivity contribution in [3.8, 4) is 11.8 Å². The van der Waals surface area contributed by atoms with E-state index < -0.39 is 11.9 Å². The molecule has 2 aromatic heterocycles. The molecule has 0 aliphatic carbocycles. The Bertz CT molecular complexity index is 1450. The molecule has 0 saturated carbocycles. The number of anilines is 1. The standard InChI is InChI=1S/C28H24N6O2/c1-34-24-16-20(9-10-21-8-5-15-29-18-21)11-12-22(24)13-14-23(28(34)36)30-27(35)26-31-25(32-33-26)17-19-6-3-2-4-7-19/h2-8,11-12,15-16,18,23H,13-14,17H2,1H3,(H,30,35)(H,31,32,33). The molecule has 0 bridgehead atoms. The zero-order chi connectivity index (χ0) is 24.9. The average molecular weight is 477 g/mol. The fraction of sp³-hybridized carbons (Fsp3) is 0.179. The number of aryl methyl sites for hydroxylation is 1. The summed E-state index contributed by atoms with van der Waals surface area (Å²) in [4.78, 5) is 36.0. The maximum atomic E-state index is 13.2. The Kier molecular flexibility index (Phi) is 6.54. The van der Waals surface area contributed by atoms with Crippen LogP contribution in [0.15, 0.2) is 73.1 Å². The highest BCUT2D eigenvalue weighted by Gasteiger charge is 2.30. The fourth-order valence-electron chi connectivity index (χ4n) is 4.14. The van der Waals surface area contributed by atoms with Crippen LogP contribution in [0.2, 0.25) is 0 Å². The number of carbonyl (C=O) groups is 2. The molecule has 1 aliphatic rings. The first-order chi connectivity index (χ1) is 17.6. The lowest BCUT2D eigenvalue weighted by Gasteiger charge is -2.22. The molecule has 1 aliphatic heterocycles. The van der Waals surface area contributed by atoms with Crippen LogP contribution in [0.5, 0.6) is 0 Å². The van der Waals surface area contributed by atoms with E-state index in [2.05, 4.69) is 37.3 Å². The van der Waals surface area contributed by atoms with Crippen LogP contribution >= 0.6 is 0 Å². The van der Waals surface area contributed by atoms with Crippen molar-refractivity contribution in [3.05, 3.63) is 107 Å². The minimum Gasteiger partial charge on any atom is -0.337 e. The molecule has 2 aromatic carbocycles. The van der Waals surface area contributed by atoms with Gasteiger partial charge in [-0.3, -0.25) is 19.7 Å². The first-order valence-corrected chi connectivity index (χ1v) is 11.7. The summed E-state index contributed by atoms with van der Waals surface area (Å²) in [5.74, 6) is 6.15. The molecule has 0 spiro atoms. The second-order valence-corrected chi connectivity index (χ2v) is 8.57. The number of amides is 2. The molecule has 3 heterocycles. The number of carbonyl (C=O) groups excluding carboxylic acids is 2. The molecule has 0 radical (unpaired) electrons. The molecule has 0 saturated heterocycles. The quantitative estimate of drug-likeness (QED) is 0.441. The van der Waals surface area contributed by atoms with Crippen molar-refractivity contribution < 1.29 is 9.59 Å². The van der Waals surface area contributed by atoms with Crippen molar-refractivity contribution in [2.45, 2.75) is 25.3 Å². The molecule has 8 nitrogen and oxygen atoms in total. The second-order valence-electron chi connectivity index (χ2n) is 8.57. The molecule has 4 aromatic rings. The summed E-state index contributed by atoms with van der Waals surface area (Å²) in [7, 11) is 1.72. The van der Waals surface area contributed by atoms with Gasteiger partial charge in [0, 0.05) is 42.7 Å². The Morgan fingerprint density at radius 3 is 2.75 bits per heavy atom. The van der Waals surface area contributed by atoms with Gasteiger partial charge in [0.1, 0.15) is 11.9 Å². The molecule has 36 heavy (non-hydrogen) atoms. The van der Waals surface area contributed by atoms with E-state index in [0.29, 0.717) is 25.1 Å². The second kappa shape index (κ2) is 10.2. The first kappa shape index (κ1) is 23.0. The van der Waals surface area contributed by atoms with Gasteiger partial charge in [-0.15, -0.1) is 5.10 Å². The van der Waals surface area contributed by atoms with Gasteiger partial charge in [0.15, 0.2) is 0 Å². The van der Waals surface area contributed by atoms with Gasteiger partial charge < -0.3 is 10.2 Å². The molecule has 0 fully saturated rings. The molecular formula is C28H24N6O2. The number of hydrogen-bond donors (Lipinski definition) is 2. The number of hydrogen-bond acceptors (Lipinski definition) is 5. The van der Waals surface area contributed by atoms with Gasteiger partial charge in [-0.2, -0.15) is 0 Å². The first-order valence-electron chi connectivity index (χ1n) is 11.7. The fourth-order valence-corrected chi connectivity index (χ4v) is 4.14. The van der Waals surface area contributed by atoms with Gasteiger partial charge in [0.25, 0.3) is 5.91 Å². The highest BCUT2D eigenvalue weighted by Crippen LogP contribution is 2.27. The molecular weight excluding hydrogens is 452 g/mol. The smallest absolute Gasteiger partial charge is 0.291 e. The minimum absolute atomic E-state index is 0.0195. The lowest BCUT2D eigenvalue weighted by molar-refractivity contribution is -0.120. The van der Waals surface area contributed by atoms with Gasteiger partial charge in [0.2, 0.25) is 11.7 Å². The Morgan fingerprint density at radius 2 is 1.94 bits per heavy atom. The lowest BCUT2D eigenvalue weighted by Crippen LogP contribution is -2.47. The van der Waals surface area contributed by atoms with Gasteiger partial charge in [-0.25, -0.2) is 4.98 Å². The van der Waals surface area contributed by atoms with Crippen molar-refractivity contribution in [1.29, 1.82) is 0 Å². The predicted octanol–water partition coefficient (Wildman–Crippen LogP) is 2.90. The van der Waals surface area contributed by atoms with Gasteiger partial charge >= 0.3 is 0 Å². The Balaban J connectivity index is 1.28. The summed E-state index contributed by atoms with van der Waals surface area (Å²) in [5, 5.41) is 9.68. The largest absolute Gasteiger partial charge is 0.337 e. The number of nitrogens with one attached hydrogen (secondary N) is 2. The Labute approximate surface area is 208 Å². The summed E-state index contributed by atoms with van der Waals surface area (Å²) in [6.45, 7) is 0. The third-order valence-corrected chi connectivity index (χ3v) is 6.04. The van der Waals surface area contributed by atoms with Crippen LogP contribution in [0.3, 0.4) is 0 Å². The highest BCUT2D eigenvalue weighted by atomic mass is 16.2. The number of aromatic nitrogens is 4. The van der Waals surface area contributed by atoms with Crippen LogP contribution in [-0.2, 0) is 17.6 Å². The zero-order valence-electron chi connectivity index (χ0n) is 19.7. The third-order valence-electron chi connectivity index (χ3n) is 6.04. The molecule has 178 valence electrons. The number of H-pyrrole nitrogens is 1. The van der Waals surface area contributed by atoms with Crippen LogP contribution < -0.4 is 10.2 Å². The van der Waals surface area contributed by atoms with E-state index in [-0.39, 0.29) is 11.7 Å². The number of rotatable bonds is 4. The molecule has 8 heteroatoms. The number of fused-ring (bicyclic) bond motifs is 1. The third kappa shape index (κ3) is 5.15. The van der Waals surface area contributed by atoms with Crippen molar-refractivity contribution in [2.75, 3.05) is 11.9 Å². The number of nitrogens with zero attached hydrogens (tertiary/aromatic N) is 4. The van der Waals surface area contributed by atoms with E-state index in [9.17, 15) is 9.59 Å². The van der Waals surface area contributed by atoms with Crippen molar-refractivity contribution >= 4 is 17.5 Å². The monoisotopic (exact) mass is 476 g/mol. The van der Waals surface area contributed by atoms with Crippen molar-refractivity contribution in [2.24, 2.45) is 0 Å². The van der Waals surface area contributed by atoms with E-state index >= 15 is 0 Å². The maximum absolute atomic E-state index is 13.2. The summed E-state index contributed by atoms with van der Waals surface area (Å²) in [5.41, 5.74) is 4.49. The Hall–Kier alpha value is -4.77. The predicted molar refractivity (Wildman–Crippen MR) is 135 cm³/mol. The zero-order valence-corrected chi connectivity index (χ0v) is 19.7. The van der Waals surface area contributed by atoms with Gasteiger partial charge in [0.05, 0.1) is 0 Å². The molecule has 1 atom stereocenters. The molecule has 1 unspecified atom stereocenters. The van der Waals surface area contributed by atoms with E-state index in [1.54, 1.807) is 24.3 Å². The number of benzene rings is 2. The van der Waals surface area contributed by atoms with Crippen LogP contribution in [0.4, 0.5) is 5.69 Å². The number of pyridine rings is 1. The van der Waals surface area contributed by atoms with E-state index in [1.165, 1.54) is 0 Å². The summed E-state index contributed by atoms with van der Waals surface area (Å²) in [6.07, 6.45) is 5.06. The van der Waals surface area contributed by atoms with Gasteiger partial charge in [-0.05, 0) is 48.2 Å². The SMILES string of the molecule is CN1C(=O)C(NC(=O)c2n[nH]c(Cc3ccccc3)n2)CCc2ccc(C#Cc3cccnc3)cc21. The summed E-state index contributed by atoms with van der Waals surface area (Å²) < 4.78 is 0. The van der Waals surface area contributed by atoms with Crippen LogP contribution in [0.25, 0.3) is 0 Å². The van der Waals surface area contributed by atoms with Gasteiger partial charge in [-0.1, -0.05) is 48.2 Å². The number of likely N-dealkylation sites (N-methyl/N-ethyl adjacent to an activating group) is 1. The topological polar surface area (TPSA) is 104 Å². The maximum Gasteiger partial charge on any atom is 0.291 e. The summed E-state index contributed by atoms with van der Waals surface area (Å²) in [6, 6.07) is 18.7. The lowest BCUT2D eigenvalue weighted by atomic mass is 10.0. The minimum atomic E-state index is -0.684. The van der Waals surface area contributed by atoms with Crippen molar-refractivity contribution in [3.63, 3.8) is 0 Å². The van der Waals surface area contributed by atoms with Crippen LogP contribution in [0, 0.1) is 11.8 Å². The van der Waals surface area contributed by atoms with Crippen LogP contribution in [-0.4, -0.2) is 45.1 Å². The summed E-state index contributed by atoms with van der Waals surface area (Å²) >= 11 is 0. The highest BCUT2D eigenvalue weighted by molar-refractivity contribution is 6.02. The van der Waals surface area contributed by atoms with E-state index in [1.807, 2.05) is 60.7 Å². The van der Waals surface area contributed by atoms with E-state index in [4.69, 9.17) is 0 Å². The average Bonchev–Trinajstić information content (AvgIpc) is 3.35. The van der Waals surface area contributed by atoms with Crippen LogP contribution in [0.1, 0.15) is 45.1 Å². The normalized spacial score (nSPS) is 14.9. The number of aromatic amines is 1. The van der Waals surface area contributed by atoms with Crippen molar-refractivity contribution in [1.82, 2.24) is 25.5 Å². The molecule has 2 amide bonds.